The maximum Gasteiger partial charge on any atom is 0.271 e. The minimum Gasteiger partial charge on any atom is -0.323 e. The zero-order valence-electron chi connectivity index (χ0n) is 18.2. The van der Waals surface area contributed by atoms with Crippen LogP contribution in [0.2, 0.25) is 0 Å². The molecule has 0 aliphatic heterocycles. The summed E-state index contributed by atoms with van der Waals surface area (Å²) < 4.78 is 17.3. The van der Waals surface area contributed by atoms with Gasteiger partial charge in [0.05, 0.1) is 27.3 Å². The van der Waals surface area contributed by atoms with Crippen molar-refractivity contribution in [3.8, 4) is 0 Å². The Labute approximate surface area is 196 Å². The number of benzene rings is 2. The number of para-hydroxylation sites is 1. The molecule has 0 saturated heterocycles. The number of nitrogens with one attached hydrogen (secondary N) is 1. The van der Waals surface area contributed by atoms with Crippen molar-refractivity contribution in [2.24, 2.45) is 0 Å². The molecule has 12 heteroatoms. The van der Waals surface area contributed by atoms with Crippen LogP contribution in [0.25, 0.3) is 16.7 Å². The van der Waals surface area contributed by atoms with Crippen LogP contribution in [0.4, 0.5) is 15.8 Å². The van der Waals surface area contributed by atoms with Gasteiger partial charge < -0.3 is 5.32 Å². The molecule has 2 heterocycles. The number of unbranched alkanes of at least 4 members (excludes halogenated alkanes) is 2. The monoisotopic (exact) mass is 484 g/mol. The number of hydrogen-bond acceptors (Lipinski definition) is 7. The summed E-state index contributed by atoms with van der Waals surface area (Å²) in [4.78, 5) is 35.8. The topological polar surface area (TPSA) is 124 Å². The molecule has 2 aromatic carbocycles. The van der Waals surface area contributed by atoms with Gasteiger partial charge in [0.2, 0.25) is 11.7 Å². The summed E-state index contributed by atoms with van der Waals surface area (Å²) in [6.07, 6.45) is 2.79. The Bertz CT molecular complexity index is 1450. The van der Waals surface area contributed by atoms with Gasteiger partial charge in [-0.1, -0.05) is 43.7 Å². The van der Waals surface area contributed by atoms with Gasteiger partial charge in [0.25, 0.3) is 11.2 Å². The van der Waals surface area contributed by atoms with E-state index in [0.29, 0.717) is 28.4 Å². The fourth-order valence-electron chi connectivity index (χ4n) is 3.59. The van der Waals surface area contributed by atoms with Gasteiger partial charge >= 0.3 is 0 Å². The number of hydrogen-bond donors (Lipinski definition) is 1. The molecule has 0 atom stereocenters. The first-order valence-corrected chi connectivity index (χ1v) is 11.6. The third-order valence-electron chi connectivity index (χ3n) is 5.23. The molecule has 176 valence electrons. The number of anilines is 1. The van der Waals surface area contributed by atoms with E-state index in [2.05, 4.69) is 22.4 Å². The first-order chi connectivity index (χ1) is 16.4. The SMILES string of the molecule is CCCCCn1c(=O)c2ccccc2n2c(SCC(=O)Nc3cc([N+](=O)[O-])ccc3F)nnc12. The van der Waals surface area contributed by atoms with Gasteiger partial charge in [0.15, 0.2) is 5.16 Å². The summed E-state index contributed by atoms with van der Waals surface area (Å²) >= 11 is 1.06. The largest absolute Gasteiger partial charge is 0.323 e. The maximum absolute atomic E-state index is 14.0. The Kier molecular flexibility index (Phi) is 6.87. The second kappa shape index (κ2) is 10.00. The van der Waals surface area contributed by atoms with E-state index in [4.69, 9.17) is 0 Å². The van der Waals surface area contributed by atoms with E-state index in [-0.39, 0.29) is 22.7 Å². The second-order valence-corrected chi connectivity index (χ2v) is 8.50. The van der Waals surface area contributed by atoms with Crippen LogP contribution in [0.5, 0.6) is 0 Å². The summed E-state index contributed by atoms with van der Waals surface area (Å²) in [7, 11) is 0. The van der Waals surface area contributed by atoms with E-state index < -0.39 is 16.6 Å². The Morgan fingerprint density at radius 3 is 2.76 bits per heavy atom. The molecule has 2 aromatic heterocycles. The third-order valence-corrected chi connectivity index (χ3v) is 6.16. The number of fused-ring (bicyclic) bond motifs is 3. The van der Waals surface area contributed by atoms with Gasteiger partial charge in [-0.3, -0.25) is 28.7 Å². The molecule has 0 radical (unpaired) electrons. The Balaban J connectivity index is 1.62. The smallest absolute Gasteiger partial charge is 0.271 e. The normalized spacial score (nSPS) is 11.2. The summed E-state index contributed by atoms with van der Waals surface area (Å²) in [5.74, 6) is -1.11. The number of aromatic nitrogens is 4. The molecule has 0 unspecified atom stereocenters. The van der Waals surface area contributed by atoms with Crippen LogP contribution in [0.15, 0.2) is 52.4 Å². The molecule has 1 N–H and O–H groups in total. The van der Waals surface area contributed by atoms with Crippen molar-refractivity contribution < 1.29 is 14.1 Å². The molecule has 0 aliphatic rings. The number of thioether (sulfide) groups is 1. The van der Waals surface area contributed by atoms with Crippen molar-refractivity contribution in [3.05, 3.63) is 68.7 Å². The Morgan fingerprint density at radius 1 is 1.21 bits per heavy atom. The Hall–Kier alpha value is -3.80. The highest BCUT2D eigenvalue weighted by molar-refractivity contribution is 7.99. The molecule has 10 nitrogen and oxygen atoms in total. The predicted molar refractivity (Wildman–Crippen MR) is 127 cm³/mol. The van der Waals surface area contributed by atoms with Crippen molar-refractivity contribution in [1.82, 2.24) is 19.2 Å². The van der Waals surface area contributed by atoms with Gasteiger partial charge in [-0.2, -0.15) is 0 Å². The van der Waals surface area contributed by atoms with Crippen LogP contribution in [0.1, 0.15) is 26.2 Å². The van der Waals surface area contributed by atoms with Crippen LogP contribution in [-0.4, -0.2) is 35.7 Å². The standard InChI is InChI=1S/C22H21FN6O4S/c1-2-3-6-11-27-20(31)15-7-4-5-8-18(15)28-21(27)25-26-22(28)34-13-19(30)24-17-12-14(29(32)33)9-10-16(17)23/h4-5,7-10,12H,2-3,6,11,13H2,1H3,(H,24,30). The summed E-state index contributed by atoms with van der Waals surface area (Å²) in [5.41, 5.74) is -0.143. The lowest BCUT2D eigenvalue weighted by Gasteiger charge is -2.11. The predicted octanol–water partition coefficient (Wildman–Crippen LogP) is 4.01. The van der Waals surface area contributed by atoms with E-state index in [1.165, 1.54) is 0 Å². The number of aryl methyl sites for hydroxylation is 1. The summed E-state index contributed by atoms with van der Waals surface area (Å²) in [6, 6.07) is 10.0. The van der Waals surface area contributed by atoms with Crippen molar-refractivity contribution in [1.29, 1.82) is 0 Å². The minimum absolute atomic E-state index is 0.147. The lowest BCUT2D eigenvalue weighted by atomic mass is 10.2. The van der Waals surface area contributed by atoms with Crippen molar-refractivity contribution in [2.45, 2.75) is 37.9 Å². The molecule has 0 bridgehead atoms. The zero-order chi connectivity index (χ0) is 24.2. The summed E-state index contributed by atoms with van der Waals surface area (Å²) in [6.45, 7) is 2.57. The fraction of sp³-hybridized carbons (Fsp3) is 0.273. The molecule has 1 amide bonds. The lowest BCUT2D eigenvalue weighted by molar-refractivity contribution is -0.384. The van der Waals surface area contributed by atoms with Gasteiger partial charge in [-0.05, 0) is 24.6 Å². The van der Waals surface area contributed by atoms with E-state index in [1.807, 2.05) is 0 Å². The number of amides is 1. The zero-order valence-corrected chi connectivity index (χ0v) is 19.0. The van der Waals surface area contributed by atoms with E-state index in [1.54, 1.807) is 33.2 Å². The molecule has 4 aromatic rings. The third kappa shape index (κ3) is 4.62. The maximum atomic E-state index is 14.0. The average molecular weight is 485 g/mol. The van der Waals surface area contributed by atoms with E-state index in [9.17, 15) is 24.1 Å². The first kappa shape index (κ1) is 23.4. The molecule has 4 rings (SSSR count). The number of nitrogens with zero attached hydrogens (tertiary/aromatic N) is 5. The first-order valence-electron chi connectivity index (χ1n) is 10.6. The van der Waals surface area contributed by atoms with Crippen molar-refractivity contribution >= 4 is 45.7 Å². The second-order valence-electron chi connectivity index (χ2n) is 7.56. The molecule has 34 heavy (non-hydrogen) atoms. The number of halogens is 1. The van der Waals surface area contributed by atoms with Crippen molar-refractivity contribution in [2.75, 3.05) is 11.1 Å². The van der Waals surface area contributed by atoms with Gasteiger partial charge in [0, 0.05) is 18.7 Å². The number of non-ortho nitro benzene ring substituents is 1. The summed E-state index contributed by atoms with van der Waals surface area (Å²) in [5, 5.41) is 22.6. The lowest BCUT2D eigenvalue weighted by Crippen LogP contribution is -2.23. The average Bonchev–Trinajstić information content (AvgIpc) is 3.25. The van der Waals surface area contributed by atoms with Crippen molar-refractivity contribution in [3.63, 3.8) is 0 Å². The van der Waals surface area contributed by atoms with Crippen LogP contribution in [-0.2, 0) is 11.3 Å². The van der Waals surface area contributed by atoms with E-state index in [0.717, 1.165) is 49.2 Å². The quantitative estimate of drug-likeness (QED) is 0.165. The van der Waals surface area contributed by atoms with Crippen LogP contribution >= 0.6 is 11.8 Å². The van der Waals surface area contributed by atoms with Crippen LogP contribution < -0.4 is 10.9 Å². The minimum atomic E-state index is -0.779. The molecule has 0 saturated carbocycles. The molecular formula is C22H21FN6O4S. The number of carbonyl (C=O) groups is 1. The number of nitro benzene ring substituents is 1. The van der Waals surface area contributed by atoms with Crippen LogP contribution in [0.3, 0.4) is 0 Å². The molecule has 0 spiro atoms. The highest BCUT2D eigenvalue weighted by atomic mass is 32.2. The van der Waals surface area contributed by atoms with Crippen LogP contribution in [0, 0.1) is 15.9 Å². The van der Waals surface area contributed by atoms with E-state index >= 15 is 0 Å². The molecule has 0 fully saturated rings. The fourth-order valence-corrected chi connectivity index (χ4v) is 4.33. The number of nitro groups is 1. The van der Waals surface area contributed by atoms with Gasteiger partial charge in [-0.15, -0.1) is 10.2 Å². The van der Waals surface area contributed by atoms with Gasteiger partial charge in [-0.25, -0.2) is 4.39 Å². The highest BCUT2D eigenvalue weighted by Crippen LogP contribution is 2.24. The molecule has 0 aliphatic carbocycles. The number of carbonyl (C=O) groups excluding carboxylic acids is 1. The molecular weight excluding hydrogens is 463 g/mol. The van der Waals surface area contributed by atoms with Gasteiger partial charge in [0.1, 0.15) is 5.82 Å². The number of rotatable bonds is 9. The highest BCUT2D eigenvalue weighted by Gasteiger charge is 2.18. The Morgan fingerprint density at radius 2 is 2.00 bits per heavy atom.